The summed E-state index contributed by atoms with van der Waals surface area (Å²) in [6.45, 7) is 0. The van der Waals surface area contributed by atoms with Crippen LogP contribution in [0.2, 0.25) is 0 Å². The van der Waals surface area contributed by atoms with Crippen LogP contribution in [0.25, 0.3) is 0 Å². The molecule has 1 aromatic carbocycles. The lowest BCUT2D eigenvalue weighted by Gasteiger charge is -2.16. The predicted octanol–water partition coefficient (Wildman–Crippen LogP) is 2.88. The highest BCUT2D eigenvalue weighted by Gasteiger charge is 2.43. The van der Waals surface area contributed by atoms with E-state index in [-0.39, 0.29) is 17.3 Å². The number of amides is 1. The maximum atomic E-state index is 11.3. The first-order chi connectivity index (χ1) is 7.63. The van der Waals surface area contributed by atoms with Crippen molar-refractivity contribution in [3.63, 3.8) is 0 Å². The van der Waals surface area contributed by atoms with Gasteiger partial charge >= 0.3 is 0 Å². The number of nitrogens with one attached hydrogen (secondary N) is 1. The second-order valence-electron chi connectivity index (χ2n) is 4.27. The molecule has 0 aromatic heterocycles. The van der Waals surface area contributed by atoms with E-state index in [0.29, 0.717) is 0 Å². The van der Waals surface area contributed by atoms with Crippen molar-refractivity contribution in [1.82, 2.24) is 5.32 Å². The largest absolute Gasteiger partial charge is 0.349 e. The van der Waals surface area contributed by atoms with Gasteiger partial charge in [0, 0.05) is 10.0 Å². The number of benzene rings is 1. The molecule has 1 amide bonds. The third-order valence-corrected chi connectivity index (χ3v) is 3.61. The van der Waals surface area contributed by atoms with Gasteiger partial charge in [-0.1, -0.05) is 28.1 Å². The maximum absolute atomic E-state index is 11.3. The molecule has 2 rings (SSSR count). The van der Waals surface area contributed by atoms with E-state index in [1.54, 1.807) is 0 Å². The quantitative estimate of drug-likeness (QED) is 0.851. The Kier molecular flexibility index (Phi) is 3.55. The smallest absolute Gasteiger partial charge is 0.235 e. The van der Waals surface area contributed by atoms with Gasteiger partial charge in [-0.3, -0.25) is 4.79 Å². The van der Waals surface area contributed by atoms with Gasteiger partial charge in [-0.2, -0.15) is 0 Å². The number of carbonyl (C=O) groups excluding carboxylic acids is 1. The van der Waals surface area contributed by atoms with E-state index in [0.717, 1.165) is 23.7 Å². The van der Waals surface area contributed by atoms with Crippen molar-refractivity contribution in [3.8, 4) is 0 Å². The van der Waals surface area contributed by atoms with Crippen molar-refractivity contribution < 1.29 is 4.79 Å². The van der Waals surface area contributed by atoms with Gasteiger partial charge < -0.3 is 5.32 Å². The Balaban J connectivity index is 1.99. The summed E-state index contributed by atoms with van der Waals surface area (Å²) in [6.07, 6.45) is 2.99. The van der Waals surface area contributed by atoms with Crippen molar-refractivity contribution in [2.45, 2.75) is 24.8 Å². The zero-order valence-corrected chi connectivity index (χ0v) is 11.1. The number of hydrogen-bond donors (Lipinski definition) is 1. The van der Waals surface area contributed by atoms with Crippen molar-refractivity contribution in [2.75, 3.05) is 5.88 Å². The summed E-state index contributed by atoms with van der Waals surface area (Å²) in [6, 6.07) is 8.21. The minimum atomic E-state index is -0.0729. The Bertz CT molecular complexity index is 387. The molecule has 0 saturated heterocycles. The molecule has 1 aliphatic rings. The van der Waals surface area contributed by atoms with E-state index in [2.05, 4.69) is 33.4 Å². The summed E-state index contributed by atoms with van der Waals surface area (Å²) in [5.41, 5.74) is 1.22. The highest BCUT2D eigenvalue weighted by atomic mass is 79.9. The normalized spacial score (nSPS) is 16.9. The number of rotatable bonds is 4. The number of hydrogen-bond acceptors (Lipinski definition) is 1. The lowest BCUT2D eigenvalue weighted by molar-refractivity contribution is -0.119. The van der Waals surface area contributed by atoms with Crippen LogP contribution in [0.1, 0.15) is 18.4 Å². The van der Waals surface area contributed by atoms with E-state index < -0.39 is 0 Å². The molecule has 1 fully saturated rings. The molecule has 0 radical (unpaired) electrons. The van der Waals surface area contributed by atoms with Crippen molar-refractivity contribution in [3.05, 3.63) is 34.3 Å². The van der Waals surface area contributed by atoms with E-state index in [4.69, 9.17) is 11.6 Å². The SMILES string of the molecule is O=C(CCl)NC1(Cc2ccc(Br)cc2)CC1. The van der Waals surface area contributed by atoms with Gasteiger partial charge in [0.15, 0.2) is 0 Å². The van der Waals surface area contributed by atoms with Crippen LogP contribution >= 0.6 is 27.5 Å². The van der Waals surface area contributed by atoms with Gasteiger partial charge in [0.1, 0.15) is 5.88 Å². The molecule has 1 saturated carbocycles. The second kappa shape index (κ2) is 4.76. The first kappa shape index (κ1) is 11.9. The van der Waals surface area contributed by atoms with Gasteiger partial charge in [-0.25, -0.2) is 0 Å². The van der Waals surface area contributed by atoms with Gasteiger partial charge in [-0.15, -0.1) is 11.6 Å². The molecule has 1 aliphatic carbocycles. The molecule has 2 nitrogen and oxygen atoms in total. The molecule has 0 heterocycles. The standard InChI is InChI=1S/C12H13BrClNO/c13-10-3-1-9(2-4-10)7-12(5-6-12)15-11(16)8-14/h1-4H,5-8H2,(H,15,16). The van der Waals surface area contributed by atoms with Crippen LogP contribution in [0.5, 0.6) is 0 Å². The third kappa shape index (κ3) is 2.98. The van der Waals surface area contributed by atoms with Crippen LogP contribution in [0.4, 0.5) is 0 Å². The van der Waals surface area contributed by atoms with Crippen LogP contribution in [0.3, 0.4) is 0 Å². The first-order valence-corrected chi connectivity index (χ1v) is 6.58. The fourth-order valence-electron chi connectivity index (χ4n) is 1.82. The number of halogens is 2. The summed E-state index contributed by atoms with van der Waals surface area (Å²) in [5, 5.41) is 3.00. The van der Waals surface area contributed by atoms with Gasteiger partial charge in [-0.05, 0) is 37.0 Å². The Morgan fingerprint density at radius 1 is 1.38 bits per heavy atom. The molecule has 16 heavy (non-hydrogen) atoms. The lowest BCUT2D eigenvalue weighted by Crippen LogP contribution is -2.39. The highest BCUT2D eigenvalue weighted by Crippen LogP contribution is 2.38. The summed E-state index contributed by atoms with van der Waals surface area (Å²) < 4.78 is 1.07. The van der Waals surface area contributed by atoms with Crippen LogP contribution < -0.4 is 5.32 Å². The molecule has 86 valence electrons. The molecule has 0 spiro atoms. The Morgan fingerprint density at radius 2 is 2.00 bits per heavy atom. The van der Waals surface area contributed by atoms with Gasteiger partial charge in [0.2, 0.25) is 5.91 Å². The average Bonchev–Trinajstić information content (AvgIpc) is 3.01. The van der Waals surface area contributed by atoms with E-state index >= 15 is 0 Å². The zero-order valence-electron chi connectivity index (χ0n) is 8.80. The molecule has 0 unspecified atom stereocenters. The molecule has 0 atom stereocenters. The summed E-state index contributed by atoms with van der Waals surface area (Å²) in [4.78, 5) is 11.3. The molecule has 0 bridgehead atoms. The van der Waals surface area contributed by atoms with Crippen LogP contribution in [-0.4, -0.2) is 17.3 Å². The fourth-order valence-corrected chi connectivity index (χ4v) is 2.15. The Hall–Kier alpha value is -0.540. The summed E-state index contributed by atoms with van der Waals surface area (Å²) in [7, 11) is 0. The predicted molar refractivity (Wildman–Crippen MR) is 68.7 cm³/mol. The molecule has 1 N–H and O–H groups in total. The van der Waals surface area contributed by atoms with Crippen LogP contribution in [0, 0.1) is 0 Å². The summed E-state index contributed by atoms with van der Waals surface area (Å²) in [5.74, 6) is -0.0292. The topological polar surface area (TPSA) is 29.1 Å². The third-order valence-electron chi connectivity index (χ3n) is 2.84. The number of carbonyl (C=O) groups is 1. The molecule has 4 heteroatoms. The maximum Gasteiger partial charge on any atom is 0.235 e. The average molecular weight is 303 g/mol. The molecule has 0 aliphatic heterocycles. The van der Waals surface area contributed by atoms with Crippen molar-refractivity contribution >= 4 is 33.4 Å². The minimum absolute atomic E-state index is 0.0280. The van der Waals surface area contributed by atoms with Crippen molar-refractivity contribution in [2.24, 2.45) is 0 Å². The van der Waals surface area contributed by atoms with Gasteiger partial charge in [0.05, 0.1) is 0 Å². The van der Waals surface area contributed by atoms with E-state index in [1.165, 1.54) is 5.56 Å². The highest BCUT2D eigenvalue weighted by molar-refractivity contribution is 9.10. The molecule has 1 aromatic rings. The first-order valence-electron chi connectivity index (χ1n) is 5.25. The summed E-state index contributed by atoms with van der Waals surface area (Å²) >= 11 is 8.90. The van der Waals surface area contributed by atoms with E-state index in [9.17, 15) is 4.79 Å². The van der Waals surface area contributed by atoms with Gasteiger partial charge in [0.25, 0.3) is 0 Å². The minimum Gasteiger partial charge on any atom is -0.349 e. The van der Waals surface area contributed by atoms with Crippen LogP contribution in [-0.2, 0) is 11.2 Å². The molecular formula is C12H13BrClNO. The zero-order chi connectivity index (χ0) is 11.6. The molecular weight excluding hydrogens is 289 g/mol. The van der Waals surface area contributed by atoms with Crippen molar-refractivity contribution in [1.29, 1.82) is 0 Å². The van der Waals surface area contributed by atoms with E-state index in [1.807, 2.05) is 12.1 Å². The van der Waals surface area contributed by atoms with Crippen LogP contribution in [0.15, 0.2) is 28.7 Å². The fraction of sp³-hybridized carbons (Fsp3) is 0.417. The Morgan fingerprint density at radius 3 is 2.50 bits per heavy atom. The number of alkyl halides is 1. The monoisotopic (exact) mass is 301 g/mol. The Labute approximate surface area is 108 Å². The second-order valence-corrected chi connectivity index (χ2v) is 5.45. The lowest BCUT2D eigenvalue weighted by atomic mass is 10.0.